The molecule has 2 rings (SSSR count). The molecule has 0 aromatic carbocycles. The highest BCUT2D eigenvalue weighted by Crippen LogP contribution is 2.57. The van der Waals surface area contributed by atoms with Gasteiger partial charge in [-0.2, -0.15) is 4.31 Å². The second-order valence-corrected chi connectivity index (χ2v) is 7.05. The van der Waals surface area contributed by atoms with E-state index in [1.54, 1.807) is 0 Å². The van der Waals surface area contributed by atoms with Crippen molar-refractivity contribution in [2.24, 2.45) is 0 Å². The summed E-state index contributed by atoms with van der Waals surface area (Å²) in [6.07, 6.45) is -5.84. The average molecular weight is 387 g/mol. The van der Waals surface area contributed by atoms with Crippen LogP contribution in [0.4, 0.5) is 0 Å². The van der Waals surface area contributed by atoms with Gasteiger partial charge in [0.15, 0.2) is 12.5 Å². The molecule has 1 aliphatic heterocycles. The van der Waals surface area contributed by atoms with Crippen LogP contribution in [0.15, 0.2) is 21.9 Å². The van der Waals surface area contributed by atoms with Crippen LogP contribution in [0.5, 0.6) is 0 Å². The predicted octanol–water partition coefficient (Wildman–Crippen LogP) is -1.45. The number of nitrogens with one attached hydrogen (secondary N) is 1. The number of rotatable bonds is 6. The van der Waals surface area contributed by atoms with Gasteiger partial charge in [-0.3, -0.25) is 28.3 Å². The van der Waals surface area contributed by atoms with E-state index in [1.165, 1.54) is 0 Å². The molecule has 1 saturated heterocycles. The molecule has 24 heavy (non-hydrogen) atoms. The quantitative estimate of drug-likeness (QED) is 0.418. The average Bonchev–Trinajstić information content (AvgIpc) is 2.75. The van der Waals surface area contributed by atoms with E-state index >= 15 is 0 Å². The fraction of sp³-hybridized carbons (Fsp3) is 0.556. The summed E-state index contributed by atoms with van der Waals surface area (Å²) in [6, 6.07) is 0.970. The van der Waals surface area contributed by atoms with Gasteiger partial charge in [0, 0.05) is 19.4 Å². The van der Waals surface area contributed by atoms with Crippen LogP contribution in [0.2, 0.25) is 0 Å². The maximum absolute atomic E-state index is 12.0. The van der Waals surface area contributed by atoms with Crippen molar-refractivity contribution in [1.82, 2.24) is 9.55 Å². The number of phosphoric acid groups is 1. The van der Waals surface area contributed by atoms with E-state index in [0.717, 1.165) is 23.9 Å². The van der Waals surface area contributed by atoms with Crippen LogP contribution in [0, 0.1) is 0 Å². The normalized spacial score (nSPS) is 30.1. The summed E-state index contributed by atoms with van der Waals surface area (Å²) in [5.41, 5.74) is -1.63. The molecule has 1 fully saturated rings. The number of hydrogen-bond donors (Lipinski definition) is 4. The van der Waals surface area contributed by atoms with Crippen LogP contribution >= 0.6 is 16.1 Å². The first-order chi connectivity index (χ1) is 11.2. The first-order valence-corrected chi connectivity index (χ1v) is 8.79. The van der Waals surface area contributed by atoms with Crippen LogP contribution in [0.1, 0.15) is 6.23 Å². The molecule has 13 nitrogen and oxygen atoms in total. The lowest BCUT2D eigenvalue weighted by Crippen LogP contribution is -2.37. The van der Waals surface area contributed by atoms with Crippen molar-refractivity contribution in [2.45, 2.75) is 24.7 Å². The maximum Gasteiger partial charge on any atom is 0.488 e. The van der Waals surface area contributed by atoms with Gasteiger partial charge in [0.1, 0.15) is 12.2 Å². The lowest BCUT2D eigenvalue weighted by molar-refractivity contribution is -0.135. The Balaban J connectivity index is 2.23. The van der Waals surface area contributed by atoms with Crippen LogP contribution in [-0.4, -0.2) is 50.3 Å². The number of nitrogens with zero attached hydrogens (tertiary/aromatic N) is 1. The van der Waals surface area contributed by atoms with Gasteiger partial charge in [-0.05, 0) is 0 Å². The van der Waals surface area contributed by atoms with Gasteiger partial charge < -0.3 is 14.9 Å². The summed E-state index contributed by atoms with van der Waals surface area (Å²) < 4.78 is 41.6. The van der Waals surface area contributed by atoms with E-state index in [-0.39, 0.29) is 0 Å². The number of aromatic amines is 1. The third-order valence-electron chi connectivity index (χ3n) is 2.95. The second-order valence-electron chi connectivity index (χ2n) is 4.45. The Kier molecular flexibility index (Phi) is 5.81. The minimum Gasteiger partial charge on any atom is -0.385 e. The van der Waals surface area contributed by atoms with Crippen LogP contribution in [0.25, 0.3) is 0 Å². The molecule has 135 valence electrons. The minimum absolute atomic E-state index is 0.693. The molecule has 1 aromatic rings. The molecule has 0 saturated carbocycles. The Bertz CT molecular complexity index is 775. The minimum atomic E-state index is -4.58. The molecule has 0 aliphatic carbocycles. The number of aliphatic hydroxyl groups excluding tert-OH is 2. The molecule has 4 N–H and O–H groups in total. The standard InChI is InChI=1S/C9H13N2O11P2/c1-19-24(18,22-23(16)17)21-8-6(14)5(13)7(20-8)11-3-2-4(12)10-9(11)15/h2-3,5-8,13-14H,1H3,(H,16,17)(H,10,12,15)/t5-,6+,7-,8-,24?/m1/s1. The highest BCUT2D eigenvalue weighted by molar-refractivity contribution is 7.56. The highest BCUT2D eigenvalue weighted by atomic mass is 31.2. The Hall–Kier alpha value is -1.27. The van der Waals surface area contributed by atoms with Crippen molar-refractivity contribution in [3.8, 4) is 0 Å². The Morgan fingerprint density at radius 2 is 2.04 bits per heavy atom. The van der Waals surface area contributed by atoms with Crippen LogP contribution in [0.3, 0.4) is 0 Å². The zero-order valence-corrected chi connectivity index (χ0v) is 13.7. The SMILES string of the molecule is COP(=O)(O[C@H]1O[C@@H](n2ccc(=O)[nH]c2=O)[C@H](O)[C@@H]1O)O[P](=O)O. The van der Waals surface area contributed by atoms with Gasteiger partial charge in [-0.15, -0.1) is 0 Å². The summed E-state index contributed by atoms with van der Waals surface area (Å²) in [5.74, 6) is 0. The zero-order valence-electron chi connectivity index (χ0n) is 11.9. The monoisotopic (exact) mass is 387 g/mol. The number of ether oxygens (including phenoxy) is 1. The molecule has 15 heteroatoms. The molecule has 1 aromatic heterocycles. The van der Waals surface area contributed by atoms with Crippen molar-refractivity contribution in [2.75, 3.05) is 7.11 Å². The highest BCUT2D eigenvalue weighted by Gasteiger charge is 2.49. The Morgan fingerprint density at radius 1 is 1.38 bits per heavy atom. The first kappa shape index (κ1) is 19.1. The number of hydrogen-bond acceptors (Lipinski definition) is 10. The number of aromatic nitrogens is 2. The molecular formula is C9H13N2O11P2. The van der Waals surface area contributed by atoms with E-state index < -0.39 is 52.1 Å². The summed E-state index contributed by atoms with van der Waals surface area (Å²) in [6.45, 7) is 0. The summed E-state index contributed by atoms with van der Waals surface area (Å²) in [4.78, 5) is 33.3. The molecule has 0 amide bonds. The Morgan fingerprint density at radius 3 is 2.58 bits per heavy atom. The van der Waals surface area contributed by atoms with E-state index in [1.807, 2.05) is 4.98 Å². The van der Waals surface area contributed by atoms with Crippen molar-refractivity contribution in [3.05, 3.63) is 33.1 Å². The molecule has 2 unspecified atom stereocenters. The molecule has 1 aliphatic rings. The van der Waals surface area contributed by atoms with Crippen molar-refractivity contribution >= 4 is 16.1 Å². The smallest absolute Gasteiger partial charge is 0.385 e. The molecule has 6 atom stereocenters. The third-order valence-corrected chi connectivity index (χ3v) is 5.22. The summed E-state index contributed by atoms with van der Waals surface area (Å²) in [5, 5.41) is 19.8. The van der Waals surface area contributed by atoms with Gasteiger partial charge in [0.2, 0.25) is 0 Å². The number of aliphatic hydroxyl groups is 2. The van der Waals surface area contributed by atoms with Gasteiger partial charge in [-0.1, -0.05) is 0 Å². The fourth-order valence-electron chi connectivity index (χ4n) is 1.88. The van der Waals surface area contributed by atoms with Crippen molar-refractivity contribution in [1.29, 1.82) is 0 Å². The molecular weight excluding hydrogens is 374 g/mol. The van der Waals surface area contributed by atoms with E-state index in [0.29, 0.717) is 0 Å². The molecule has 0 spiro atoms. The fourth-order valence-corrected chi connectivity index (χ4v) is 3.50. The van der Waals surface area contributed by atoms with Crippen molar-refractivity contribution < 1.29 is 42.3 Å². The third kappa shape index (κ3) is 4.03. The lowest BCUT2D eigenvalue weighted by atomic mass is 10.2. The molecule has 1 radical (unpaired) electrons. The summed E-state index contributed by atoms with van der Waals surface area (Å²) >= 11 is 0. The Labute approximate surface area is 133 Å². The number of phosphoric ester groups is 1. The van der Waals surface area contributed by atoms with E-state index in [2.05, 4.69) is 8.83 Å². The lowest BCUT2D eigenvalue weighted by Gasteiger charge is -2.19. The van der Waals surface area contributed by atoms with Gasteiger partial charge in [0.05, 0.1) is 0 Å². The number of H-pyrrole nitrogens is 1. The topological polar surface area (TPSA) is 187 Å². The van der Waals surface area contributed by atoms with E-state index in [4.69, 9.17) is 14.2 Å². The van der Waals surface area contributed by atoms with Crippen LogP contribution < -0.4 is 11.2 Å². The zero-order chi connectivity index (χ0) is 18.1. The summed E-state index contributed by atoms with van der Waals surface area (Å²) in [7, 11) is -7.09. The molecule has 0 bridgehead atoms. The van der Waals surface area contributed by atoms with Gasteiger partial charge in [0.25, 0.3) is 5.56 Å². The second kappa shape index (κ2) is 7.31. The van der Waals surface area contributed by atoms with E-state index in [9.17, 15) is 28.9 Å². The van der Waals surface area contributed by atoms with Gasteiger partial charge in [-0.25, -0.2) is 13.9 Å². The maximum atomic E-state index is 12.0. The predicted molar refractivity (Wildman–Crippen MR) is 73.9 cm³/mol. The molecule has 2 heterocycles. The van der Waals surface area contributed by atoms with Gasteiger partial charge >= 0.3 is 21.8 Å². The van der Waals surface area contributed by atoms with Crippen molar-refractivity contribution in [3.63, 3.8) is 0 Å². The largest absolute Gasteiger partial charge is 0.488 e. The first-order valence-electron chi connectivity index (χ1n) is 6.20. The van der Waals surface area contributed by atoms with Crippen LogP contribution in [-0.2, 0) is 27.2 Å².